The van der Waals surface area contributed by atoms with E-state index in [1.165, 1.54) is 127 Å². The van der Waals surface area contributed by atoms with Crippen LogP contribution in [0.3, 0.4) is 0 Å². The van der Waals surface area contributed by atoms with Crippen molar-refractivity contribution in [1.82, 2.24) is 0 Å². The minimum Gasteiger partial charge on any atom is -0.310 e. The maximum absolute atomic E-state index is 2.50. The van der Waals surface area contributed by atoms with Crippen LogP contribution in [-0.2, 0) is 5.41 Å². The van der Waals surface area contributed by atoms with E-state index in [-0.39, 0.29) is 0 Å². The van der Waals surface area contributed by atoms with Gasteiger partial charge in [0, 0.05) is 17.1 Å². The lowest BCUT2D eigenvalue weighted by Crippen LogP contribution is -2.26. The highest BCUT2D eigenvalue weighted by Gasteiger charge is 2.51. The van der Waals surface area contributed by atoms with Crippen molar-refractivity contribution < 1.29 is 0 Å². The molecule has 0 aliphatic heterocycles. The molecule has 68 heavy (non-hydrogen) atoms. The summed E-state index contributed by atoms with van der Waals surface area (Å²) >= 11 is 0. The molecule has 0 aromatic heterocycles. The highest BCUT2D eigenvalue weighted by atomic mass is 15.1. The van der Waals surface area contributed by atoms with E-state index < -0.39 is 5.41 Å². The van der Waals surface area contributed by atoms with E-state index in [1.807, 2.05) is 0 Å². The molecule has 0 saturated heterocycles. The quantitative estimate of drug-likeness (QED) is 0.147. The molecule has 10 aromatic carbocycles. The van der Waals surface area contributed by atoms with Gasteiger partial charge in [-0.05, 0) is 150 Å². The molecule has 3 aliphatic carbocycles. The molecule has 3 aliphatic rings. The van der Waals surface area contributed by atoms with Crippen LogP contribution in [0, 0.1) is 0 Å². The fraction of sp³-hybridized carbons (Fsp3) is 0.104. The largest absolute Gasteiger partial charge is 0.310 e. The molecule has 0 atom stereocenters. The number of benzene rings is 10. The molecule has 324 valence electrons. The highest BCUT2D eigenvalue weighted by Crippen LogP contribution is 2.63. The molecule has 0 amide bonds. The van der Waals surface area contributed by atoms with Gasteiger partial charge in [-0.25, -0.2) is 0 Å². The molecule has 0 heterocycles. The van der Waals surface area contributed by atoms with Crippen LogP contribution in [0.2, 0.25) is 0 Å². The minimum atomic E-state index is -0.432. The lowest BCUT2D eigenvalue weighted by atomic mass is 9.70. The van der Waals surface area contributed by atoms with Crippen LogP contribution >= 0.6 is 0 Å². The maximum atomic E-state index is 2.50. The molecule has 10 aromatic rings. The zero-order valence-corrected chi connectivity index (χ0v) is 38.2. The van der Waals surface area contributed by atoms with Gasteiger partial charge in [-0.15, -0.1) is 0 Å². The summed E-state index contributed by atoms with van der Waals surface area (Å²) in [6.45, 7) is 0. The molecule has 13 rings (SSSR count). The summed E-state index contributed by atoms with van der Waals surface area (Å²) in [6, 6.07) is 90.7. The third-order valence-electron chi connectivity index (χ3n) is 15.4. The number of nitrogens with zero attached hydrogens (tertiary/aromatic N) is 1. The molecule has 0 N–H and O–H groups in total. The Morgan fingerprint density at radius 2 is 0.662 bits per heavy atom. The van der Waals surface area contributed by atoms with Gasteiger partial charge < -0.3 is 4.90 Å². The Hall–Kier alpha value is -8.00. The van der Waals surface area contributed by atoms with E-state index >= 15 is 0 Å². The third-order valence-corrected chi connectivity index (χ3v) is 15.4. The molecule has 1 spiro atoms. The average molecular weight is 870 g/mol. The van der Waals surface area contributed by atoms with Gasteiger partial charge in [-0.2, -0.15) is 0 Å². The molecular formula is C67H51N. The van der Waals surface area contributed by atoms with Crippen LogP contribution in [0.4, 0.5) is 17.1 Å². The second-order valence-corrected chi connectivity index (χ2v) is 19.0. The first-order valence-corrected chi connectivity index (χ1v) is 24.5. The first-order chi connectivity index (χ1) is 33.7. The SMILES string of the molecule is c1ccc(-c2ccccc2-c2ccccc2-c2ccc(N(c3ccc(-c4ccc(C5CCCCC5)cc4)cc3)c3ccc4c(c3)C3(c5ccccc5-c5ccccc53)c3ccccc3-4)cc2)cc1. The van der Waals surface area contributed by atoms with Gasteiger partial charge >= 0.3 is 0 Å². The Kier molecular flexibility index (Phi) is 9.90. The maximum Gasteiger partial charge on any atom is 0.0726 e. The molecular weight excluding hydrogens is 819 g/mol. The fourth-order valence-corrected chi connectivity index (χ4v) is 12.2. The summed E-state index contributed by atoms with van der Waals surface area (Å²) in [5, 5.41) is 0. The summed E-state index contributed by atoms with van der Waals surface area (Å²) in [7, 11) is 0. The molecule has 0 bridgehead atoms. The third kappa shape index (κ3) is 6.52. The van der Waals surface area contributed by atoms with E-state index in [0.717, 1.165) is 17.1 Å². The molecule has 1 nitrogen and oxygen atoms in total. The zero-order valence-electron chi connectivity index (χ0n) is 38.2. The summed E-state index contributed by atoms with van der Waals surface area (Å²) < 4.78 is 0. The van der Waals surface area contributed by atoms with Crippen LogP contribution in [0.15, 0.2) is 243 Å². The van der Waals surface area contributed by atoms with Crippen molar-refractivity contribution in [3.8, 4) is 66.8 Å². The normalized spacial score (nSPS) is 14.2. The van der Waals surface area contributed by atoms with Crippen molar-refractivity contribution in [3.63, 3.8) is 0 Å². The van der Waals surface area contributed by atoms with Crippen LogP contribution in [0.5, 0.6) is 0 Å². The lowest BCUT2D eigenvalue weighted by molar-refractivity contribution is 0.443. The van der Waals surface area contributed by atoms with Crippen LogP contribution in [0.25, 0.3) is 66.8 Å². The van der Waals surface area contributed by atoms with Crippen molar-refractivity contribution in [1.29, 1.82) is 0 Å². The van der Waals surface area contributed by atoms with Gasteiger partial charge in [-0.3, -0.25) is 0 Å². The number of fused-ring (bicyclic) bond motifs is 10. The molecule has 0 unspecified atom stereocenters. The second-order valence-electron chi connectivity index (χ2n) is 19.0. The molecule has 0 radical (unpaired) electrons. The average Bonchev–Trinajstić information content (AvgIpc) is 3.89. The van der Waals surface area contributed by atoms with Crippen LogP contribution < -0.4 is 4.90 Å². The summed E-state index contributed by atoms with van der Waals surface area (Å²) in [5.74, 6) is 0.698. The van der Waals surface area contributed by atoms with Crippen molar-refractivity contribution in [2.45, 2.75) is 43.4 Å². The van der Waals surface area contributed by atoms with E-state index in [1.54, 1.807) is 0 Å². The van der Waals surface area contributed by atoms with Gasteiger partial charge in [0.1, 0.15) is 0 Å². The van der Waals surface area contributed by atoms with Gasteiger partial charge in [0.2, 0.25) is 0 Å². The van der Waals surface area contributed by atoms with E-state index in [0.29, 0.717) is 5.92 Å². The summed E-state index contributed by atoms with van der Waals surface area (Å²) in [4.78, 5) is 2.46. The van der Waals surface area contributed by atoms with Gasteiger partial charge in [0.15, 0.2) is 0 Å². The number of rotatable bonds is 8. The Morgan fingerprint density at radius 3 is 1.18 bits per heavy atom. The van der Waals surface area contributed by atoms with Gasteiger partial charge in [-0.1, -0.05) is 226 Å². The Morgan fingerprint density at radius 1 is 0.279 bits per heavy atom. The first kappa shape index (κ1) is 40.3. The van der Waals surface area contributed by atoms with Crippen molar-refractivity contribution >= 4 is 17.1 Å². The Labute approximate surface area is 400 Å². The highest BCUT2D eigenvalue weighted by molar-refractivity contribution is 5.97. The summed E-state index contributed by atoms with van der Waals surface area (Å²) in [6.07, 6.45) is 6.70. The zero-order chi connectivity index (χ0) is 45.0. The van der Waals surface area contributed by atoms with Crippen molar-refractivity contribution in [2.75, 3.05) is 4.90 Å². The summed E-state index contributed by atoms with van der Waals surface area (Å²) in [5.41, 5.74) is 24.8. The smallest absolute Gasteiger partial charge is 0.0726 e. The van der Waals surface area contributed by atoms with Crippen molar-refractivity contribution in [2.24, 2.45) is 0 Å². The molecule has 1 heteroatoms. The fourth-order valence-electron chi connectivity index (χ4n) is 12.2. The Bertz CT molecular complexity index is 3400. The first-order valence-electron chi connectivity index (χ1n) is 24.5. The molecule has 1 saturated carbocycles. The standard InChI is InChI=1S/C67H51N/c1-3-17-46(18-4-1)47-31-33-48(34-32-47)49-35-39-52(40-36-49)68(53-41-37-51(38-42-53)56-22-8-10-24-58(56)57-23-9-7-21-55(57)50-19-5-2-6-20-50)54-43-44-62-61-27-13-16-30-65(61)67(66(62)45-54)63-28-14-11-25-59(63)60-26-12-15-29-64(60)67/h2,5-16,19-46H,1,3-4,17-18H2. The second kappa shape index (κ2) is 16.7. The number of hydrogen-bond donors (Lipinski definition) is 0. The number of anilines is 3. The lowest BCUT2D eigenvalue weighted by Gasteiger charge is -2.32. The predicted octanol–water partition coefficient (Wildman–Crippen LogP) is 18.2. The minimum absolute atomic E-state index is 0.432. The van der Waals surface area contributed by atoms with Crippen molar-refractivity contribution in [3.05, 3.63) is 270 Å². The topological polar surface area (TPSA) is 3.24 Å². The monoisotopic (exact) mass is 869 g/mol. The number of hydrogen-bond acceptors (Lipinski definition) is 1. The van der Waals surface area contributed by atoms with E-state index in [9.17, 15) is 0 Å². The van der Waals surface area contributed by atoms with E-state index in [4.69, 9.17) is 0 Å². The van der Waals surface area contributed by atoms with E-state index in [2.05, 4.69) is 248 Å². The predicted molar refractivity (Wildman–Crippen MR) is 285 cm³/mol. The van der Waals surface area contributed by atoms with Gasteiger partial charge in [0.25, 0.3) is 0 Å². The van der Waals surface area contributed by atoms with Gasteiger partial charge in [0.05, 0.1) is 5.41 Å². The Balaban J connectivity index is 0.943. The van der Waals surface area contributed by atoms with Crippen LogP contribution in [-0.4, -0.2) is 0 Å². The molecule has 1 fully saturated rings. The van der Waals surface area contributed by atoms with Crippen LogP contribution in [0.1, 0.15) is 65.8 Å².